The number of carbonyl (C=O) groups excluding carboxylic acids is 2. The zero-order valence-corrected chi connectivity index (χ0v) is 15.6. The van der Waals surface area contributed by atoms with Crippen molar-refractivity contribution in [2.75, 3.05) is 33.3 Å². The van der Waals surface area contributed by atoms with Gasteiger partial charge in [0, 0.05) is 45.1 Å². The molecule has 26 heavy (non-hydrogen) atoms. The van der Waals surface area contributed by atoms with E-state index in [2.05, 4.69) is 22.3 Å². The van der Waals surface area contributed by atoms with E-state index in [9.17, 15) is 9.59 Å². The summed E-state index contributed by atoms with van der Waals surface area (Å²) in [6.45, 7) is 4.12. The molecule has 2 heterocycles. The molecule has 0 aliphatic carbocycles. The Morgan fingerprint density at radius 1 is 1.31 bits per heavy atom. The Hall–Kier alpha value is -2.08. The van der Waals surface area contributed by atoms with E-state index in [0.717, 1.165) is 51.2 Å². The molecule has 0 spiro atoms. The molecule has 0 aromatic heterocycles. The largest absolute Gasteiger partial charge is 0.497 e. The van der Waals surface area contributed by atoms with Gasteiger partial charge in [-0.15, -0.1) is 0 Å². The standard InChI is InChI=1S/C20H29N3O3/c1-26-18-7-2-5-16(13-18)14-22-10-3-6-17(15-22)21-19(24)9-12-23-11-4-8-20(23)25/h2,5,7,13,17H,3-4,6,8-12,14-15H2,1H3,(H,21,24)/t17-/m1/s1. The number of rotatable bonds is 7. The molecule has 142 valence electrons. The molecule has 0 unspecified atom stereocenters. The highest BCUT2D eigenvalue weighted by molar-refractivity contribution is 5.80. The first kappa shape index (κ1) is 18.7. The first-order valence-electron chi connectivity index (χ1n) is 9.56. The van der Waals surface area contributed by atoms with Crippen molar-refractivity contribution < 1.29 is 14.3 Å². The third kappa shape index (κ3) is 5.21. The fraction of sp³-hybridized carbons (Fsp3) is 0.600. The van der Waals surface area contributed by atoms with Gasteiger partial charge in [-0.25, -0.2) is 0 Å². The highest BCUT2D eigenvalue weighted by Crippen LogP contribution is 2.18. The SMILES string of the molecule is COc1cccc(CN2CCC[C@@H](NC(=O)CCN3CCCC3=O)C2)c1. The Morgan fingerprint density at radius 2 is 2.19 bits per heavy atom. The van der Waals surface area contributed by atoms with Crippen LogP contribution in [0.4, 0.5) is 0 Å². The molecule has 2 saturated heterocycles. The van der Waals surface area contributed by atoms with Crippen LogP contribution in [0.15, 0.2) is 24.3 Å². The van der Waals surface area contributed by atoms with Crippen molar-refractivity contribution in [1.82, 2.24) is 15.1 Å². The minimum atomic E-state index is 0.0536. The number of nitrogens with zero attached hydrogens (tertiary/aromatic N) is 2. The second-order valence-corrected chi connectivity index (χ2v) is 7.23. The van der Waals surface area contributed by atoms with Crippen molar-refractivity contribution in [3.05, 3.63) is 29.8 Å². The van der Waals surface area contributed by atoms with Gasteiger partial charge in [-0.2, -0.15) is 0 Å². The fourth-order valence-electron chi connectivity index (χ4n) is 3.82. The number of ether oxygens (including phenoxy) is 1. The third-order valence-corrected chi connectivity index (χ3v) is 5.19. The predicted octanol–water partition coefficient (Wildman–Crippen LogP) is 1.79. The van der Waals surface area contributed by atoms with Crippen molar-refractivity contribution in [2.24, 2.45) is 0 Å². The number of amides is 2. The van der Waals surface area contributed by atoms with Crippen LogP contribution < -0.4 is 10.1 Å². The van der Waals surface area contributed by atoms with E-state index >= 15 is 0 Å². The summed E-state index contributed by atoms with van der Waals surface area (Å²) in [5.41, 5.74) is 1.23. The monoisotopic (exact) mass is 359 g/mol. The van der Waals surface area contributed by atoms with Crippen LogP contribution in [0.25, 0.3) is 0 Å². The normalized spacial score (nSPS) is 21.0. The summed E-state index contributed by atoms with van der Waals surface area (Å²) in [6.07, 6.45) is 4.05. The Kier molecular flexibility index (Phi) is 6.50. The average molecular weight is 359 g/mol. The fourth-order valence-corrected chi connectivity index (χ4v) is 3.82. The van der Waals surface area contributed by atoms with Gasteiger partial charge in [0.15, 0.2) is 0 Å². The maximum Gasteiger partial charge on any atom is 0.222 e. The van der Waals surface area contributed by atoms with Gasteiger partial charge in [0.1, 0.15) is 5.75 Å². The number of piperidine rings is 1. The topological polar surface area (TPSA) is 61.9 Å². The quantitative estimate of drug-likeness (QED) is 0.806. The Balaban J connectivity index is 1.44. The van der Waals surface area contributed by atoms with Gasteiger partial charge in [0.2, 0.25) is 11.8 Å². The third-order valence-electron chi connectivity index (χ3n) is 5.19. The van der Waals surface area contributed by atoms with Gasteiger partial charge < -0.3 is 15.0 Å². The van der Waals surface area contributed by atoms with Gasteiger partial charge in [-0.1, -0.05) is 12.1 Å². The molecular formula is C20H29N3O3. The zero-order valence-electron chi connectivity index (χ0n) is 15.6. The maximum atomic E-state index is 12.2. The number of hydrogen-bond donors (Lipinski definition) is 1. The number of benzene rings is 1. The van der Waals surface area contributed by atoms with Gasteiger partial charge in [-0.3, -0.25) is 14.5 Å². The molecule has 0 bridgehead atoms. The molecular weight excluding hydrogens is 330 g/mol. The van der Waals surface area contributed by atoms with Crippen molar-refractivity contribution in [3.63, 3.8) is 0 Å². The minimum absolute atomic E-state index is 0.0536. The van der Waals surface area contributed by atoms with Crippen molar-refractivity contribution in [2.45, 2.75) is 44.7 Å². The number of hydrogen-bond acceptors (Lipinski definition) is 4. The summed E-state index contributed by atoms with van der Waals surface area (Å²) in [4.78, 5) is 28.0. The van der Waals surface area contributed by atoms with Crippen LogP contribution in [0, 0.1) is 0 Å². The molecule has 0 radical (unpaired) electrons. The van der Waals surface area contributed by atoms with E-state index in [1.165, 1.54) is 5.56 Å². The molecule has 2 fully saturated rings. The van der Waals surface area contributed by atoms with Crippen LogP contribution in [-0.2, 0) is 16.1 Å². The molecule has 6 heteroatoms. The van der Waals surface area contributed by atoms with Gasteiger partial charge in [0.25, 0.3) is 0 Å². The average Bonchev–Trinajstić information content (AvgIpc) is 3.05. The van der Waals surface area contributed by atoms with E-state index in [0.29, 0.717) is 19.4 Å². The maximum absolute atomic E-state index is 12.2. The van der Waals surface area contributed by atoms with Crippen molar-refractivity contribution in [3.8, 4) is 5.75 Å². The van der Waals surface area contributed by atoms with Crippen LogP contribution in [0.3, 0.4) is 0 Å². The number of methoxy groups -OCH3 is 1. The molecule has 2 aliphatic rings. The summed E-state index contributed by atoms with van der Waals surface area (Å²) in [5.74, 6) is 1.11. The van der Waals surface area contributed by atoms with Crippen LogP contribution in [-0.4, -0.2) is 60.9 Å². The number of carbonyl (C=O) groups is 2. The first-order valence-corrected chi connectivity index (χ1v) is 9.56. The summed E-state index contributed by atoms with van der Waals surface area (Å²) in [7, 11) is 1.68. The predicted molar refractivity (Wildman–Crippen MR) is 99.9 cm³/mol. The van der Waals surface area contributed by atoms with Crippen LogP contribution in [0.2, 0.25) is 0 Å². The summed E-state index contributed by atoms with van der Waals surface area (Å²) in [5, 5.41) is 3.15. The number of nitrogens with one attached hydrogen (secondary N) is 1. The summed E-state index contributed by atoms with van der Waals surface area (Å²) < 4.78 is 5.29. The minimum Gasteiger partial charge on any atom is -0.497 e. The Labute approximate surface area is 155 Å². The summed E-state index contributed by atoms with van der Waals surface area (Å²) >= 11 is 0. The van der Waals surface area contributed by atoms with Crippen molar-refractivity contribution in [1.29, 1.82) is 0 Å². The highest BCUT2D eigenvalue weighted by atomic mass is 16.5. The molecule has 1 atom stereocenters. The van der Waals surface area contributed by atoms with E-state index in [1.54, 1.807) is 12.0 Å². The Morgan fingerprint density at radius 3 is 2.96 bits per heavy atom. The lowest BCUT2D eigenvalue weighted by Gasteiger charge is -2.33. The van der Waals surface area contributed by atoms with E-state index in [1.807, 2.05) is 12.1 Å². The molecule has 6 nitrogen and oxygen atoms in total. The van der Waals surface area contributed by atoms with Crippen molar-refractivity contribution >= 4 is 11.8 Å². The molecule has 1 N–H and O–H groups in total. The molecule has 2 aliphatic heterocycles. The molecule has 1 aromatic rings. The lowest BCUT2D eigenvalue weighted by Crippen LogP contribution is -2.47. The zero-order chi connectivity index (χ0) is 18.4. The number of likely N-dealkylation sites (tertiary alicyclic amines) is 2. The Bertz CT molecular complexity index is 634. The lowest BCUT2D eigenvalue weighted by molar-refractivity contribution is -0.128. The molecule has 3 rings (SSSR count). The molecule has 0 saturated carbocycles. The van der Waals surface area contributed by atoms with E-state index in [4.69, 9.17) is 4.74 Å². The molecule has 2 amide bonds. The van der Waals surface area contributed by atoms with Gasteiger partial charge in [-0.05, 0) is 43.5 Å². The second kappa shape index (κ2) is 9.03. The van der Waals surface area contributed by atoms with Crippen LogP contribution in [0.1, 0.15) is 37.7 Å². The van der Waals surface area contributed by atoms with E-state index < -0.39 is 0 Å². The first-order chi connectivity index (χ1) is 12.6. The van der Waals surface area contributed by atoms with E-state index in [-0.39, 0.29) is 17.9 Å². The summed E-state index contributed by atoms with van der Waals surface area (Å²) in [6, 6.07) is 8.33. The highest BCUT2D eigenvalue weighted by Gasteiger charge is 2.23. The lowest BCUT2D eigenvalue weighted by atomic mass is 10.0. The van der Waals surface area contributed by atoms with Crippen LogP contribution >= 0.6 is 0 Å². The second-order valence-electron chi connectivity index (χ2n) is 7.23. The van der Waals surface area contributed by atoms with Crippen LogP contribution in [0.5, 0.6) is 5.75 Å². The smallest absolute Gasteiger partial charge is 0.222 e. The molecule has 1 aromatic carbocycles. The van der Waals surface area contributed by atoms with Gasteiger partial charge in [0.05, 0.1) is 7.11 Å². The van der Waals surface area contributed by atoms with Gasteiger partial charge >= 0.3 is 0 Å².